The van der Waals surface area contributed by atoms with Gasteiger partial charge < -0.3 is 0 Å². The summed E-state index contributed by atoms with van der Waals surface area (Å²) in [4.78, 5) is 0. The van der Waals surface area contributed by atoms with Gasteiger partial charge in [-0.1, -0.05) is 182 Å². The molecule has 5 heteroatoms. The van der Waals surface area contributed by atoms with Crippen LogP contribution in [0.25, 0.3) is 0 Å². The summed E-state index contributed by atoms with van der Waals surface area (Å²) in [7, 11) is -0.892. The van der Waals surface area contributed by atoms with Gasteiger partial charge in [0, 0.05) is 0 Å². The second-order valence-electron chi connectivity index (χ2n) is 8.90. The molecular weight excluding hydrogens is 653 g/mol. The summed E-state index contributed by atoms with van der Waals surface area (Å²) in [5.41, 5.74) is 0. The summed E-state index contributed by atoms with van der Waals surface area (Å²) in [6, 6.07) is 64.7. The van der Waals surface area contributed by atoms with Gasteiger partial charge in [0.2, 0.25) is 0 Å². The minimum absolute atomic E-state index is 0.344. The van der Waals surface area contributed by atoms with Crippen molar-refractivity contribution < 1.29 is 18.0 Å². The molecule has 0 aliphatic rings. The van der Waals surface area contributed by atoms with Crippen molar-refractivity contribution in [1.82, 2.24) is 0 Å². The van der Waals surface area contributed by atoms with Gasteiger partial charge in [-0.15, -0.1) is 0 Å². The van der Waals surface area contributed by atoms with E-state index in [4.69, 9.17) is 10.5 Å². The van der Waals surface area contributed by atoms with Crippen molar-refractivity contribution in [1.29, 1.82) is 10.5 Å². The maximum absolute atomic E-state index is 7.62. The Labute approximate surface area is 266 Å². The van der Waals surface area contributed by atoms with E-state index < -0.39 is 15.8 Å². The van der Waals surface area contributed by atoms with Crippen LogP contribution in [-0.2, 0) is 18.0 Å². The summed E-state index contributed by atoms with van der Waals surface area (Å²) in [5.74, 6) is 0. The van der Waals surface area contributed by atoms with Crippen molar-refractivity contribution in [3.8, 4) is 9.08 Å². The molecule has 6 aromatic carbocycles. The third kappa shape index (κ3) is 9.96. The molecule has 0 unspecified atom stereocenters. The molecule has 0 fully saturated rings. The first-order valence-electron chi connectivity index (χ1n) is 13.6. The van der Waals surface area contributed by atoms with Crippen molar-refractivity contribution >= 4 is 47.7 Å². The van der Waals surface area contributed by atoms with Crippen LogP contribution in [0.3, 0.4) is 0 Å². The fourth-order valence-electron chi connectivity index (χ4n) is 4.37. The van der Waals surface area contributed by atoms with Gasteiger partial charge in [-0.25, -0.2) is 0 Å². The van der Waals surface area contributed by atoms with Gasteiger partial charge in [0.05, 0.1) is 0 Å². The number of rotatable bonds is 6. The van der Waals surface area contributed by atoms with Gasteiger partial charge in [-0.3, -0.25) is 0 Å². The Kier molecular flexibility index (Phi) is 13.6. The molecule has 43 heavy (non-hydrogen) atoms. The molecule has 0 bridgehead atoms. The second kappa shape index (κ2) is 18.4. The summed E-state index contributed by atoms with van der Waals surface area (Å²) in [5, 5.41) is 23.6. The zero-order valence-corrected chi connectivity index (χ0v) is 26.8. The van der Waals surface area contributed by atoms with Crippen LogP contribution in [0.15, 0.2) is 182 Å². The third-order valence-corrected chi connectivity index (χ3v) is 11.4. The SMILES string of the molecule is N#[C][Pd][C]#N.c1ccc(P(c2ccccc2)c2ccccc2)cc1.c1ccc(P(c2ccccc2)c2ccccc2)cc1. The molecule has 0 aliphatic heterocycles. The average molecular weight is 683 g/mol. The standard InChI is InChI=1S/2C18H15P.2CN.Pd/c2*1-4-10-16(11-5-1)19(17-12-6-2-7-13-17)18-14-8-3-9-15-18;2*1-2;/h2*1-15H;;;. The fourth-order valence-corrected chi connectivity index (χ4v) is 9.06. The molecule has 0 radical (unpaired) electrons. The Hall–Kier alpha value is -4.18. The topological polar surface area (TPSA) is 47.6 Å². The third-order valence-electron chi connectivity index (χ3n) is 6.16. The van der Waals surface area contributed by atoms with Crippen LogP contribution in [0.4, 0.5) is 0 Å². The van der Waals surface area contributed by atoms with Crippen molar-refractivity contribution in [2.45, 2.75) is 0 Å². The predicted octanol–water partition coefficient (Wildman–Crippen LogP) is 6.92. The van der Waals surface area contributed by atoms with Crippen LogP contribution >= 0.6 is 15.8 Å². The van der Waals surface area contributed by atoms with Crippen LogP contribution in [0.2, 0.25) is 0 Å². The smallest absolute Gasteiger partial charge is 0.0134 e. The molecule has 0 saturated carbocycles. The predicted molar refractivity (Wildman–Crippen MR) is 182 cm³/mol. The van der Waals surface area contributed by atoms with Gasteiger partial charge >= 0.3 is 37.6 Å². The zero-order valence-electron chi connectivity index (χ0n) is 23.4. The first-order valence-corrected chi connectivity index (χ1v) is 17.8. The maximum Gasteiger partial charge on any atom is -0.0134 e. The molecular formula is C38H30N2P2Pd. The van der Waals surface area contributed by atoms with Crippen LogP contribution < -0.4 is 31.8 Å². The van der Waals surface area contributed by atoms with Crippen LogP contribution in [0.5, 0.6) is 0 Å². The molecule has 0 aromatic heterocycles. The van der Waals surface area contributed by atoms with Crippen LogP contribution in [0, 0.1) is 19.6 Å². The molecule has 6 rings (SSSR count). The maximum atomic E-state index is 7.62. The molecule has 0 amide bonds. The molecule has 0 heterocycles. The van der Waals surface area contributed by atoms with Crippen molar-refractivity contribution in [3.05, 3.63) is 182 Å². The quantitative estimate of drug-likeness (QED) is 0.142. The Balaban J connectivity index is 0.000000171. The number of benzene rings is 6. The largest absolute Gasteiger partial charge is 0.0622 e. The van der Waals surface area contributed by atoms with E-state index in [0.29, 0.717) is 0 Å². The summed E-state index contributed by atoms with van der Waals surface area (Å²) in [6.07, 6.45) is 0. The van der Waals surface area contributed by atoms with E-state index in [-0.39, 0.29) is 18.0 Å². The zero-order chi connectivity index (χ0) is 30.0. The van der Waals surface area contributed by atoms with E-state index in [2.05, 4.69) is 182 Å². The molecule has 0 spiro atoms. The van der Waals surface area contributed by atoms with E-state index in [9.17, 15) is 0 Å². The molecule has 0 atom stereocenters. The second-order valence-corrected chi connectivity index (χ2v) is 14.4. The van der Waals surface area contributed by atoms with E-state index in [1.807, 2.05) is 0 Å². The summed E-state index contributed by atoms with van der Waals surface area (Å²) in [6.45, 7) is 0. The van der Waals surface area contributed by atoms with Crippen LogP contribution in [0.1, 0.15) is 0 Å². The average Bonchev–Trinajstić information content (AvgIpc) is 3.09. The number of hydrogen-bond donors (Lipinski definition) is 0. The van der Waals surface area contributed by atoms with E-state index >= 15 is 0 Å². The van der Waals surface area contributed by atoms with Crippen LogP contribution in [-0.4, -0.2) is 0 Å². The fraction of sp³-hybridized carbons (Fsp3) is 0. The van der Waals surface area contributed by atoms with Gasteiger partial charge in [0.1, 0.15) is 0 Å². The normalized spacial score (nSPS) is 9.95. The molecule has 0 saturated heterocycles. The number of nitriles is 2. The monoisotopic (exact) mass is 682 g/mol. The van der Waals surface area contributed by atoms with E-state index in [1.54, 1.807) is 9.08 Å². The van der Waals surface area contributed by atoms with E-state index in [0.717, 1.165) is 0 Å². The first-order chi connectivity index (χ1) is 21.3. The molecule has 2 nitrogen and oxygen atoms in total. The number of hydrogen-bond acceptors (Lipinski definition) is 2. The summed E-state index contributed by atoms with van der Waals surface area (Å²) >= 11 is -0.344. The van der Waals surface area contributed by atoms with Gasteiger partial charge in [0.15, 0.2) is 0 Å². The molecule has 6 aromatic rings. The van der Waals surface area contributed by atoms with Gasteiger partial charge in [0.25, 0.3) is 0 Å². The summed E-state index contributed by atoms with van der Waals surface area (Å²) < 4.78 is 3.41. The first kappa shape index (κ1) is 31.8. The molecule has 212 valence electrons. The minimum Gasteiger partial charge on any atom is -0.0622 e. The van der Waals surface area contributed by atoms with E-state index in [1.165, 1.54) is 31.8 Å². The minimum atomic E-state index is -0.446. The Bertz CT molecular complexity index is 1370. The van der Waals surface area contributed by atoms with Crippen molar-refractivity contribution in [2.75, 3.05) is 0 Å². The Morgan fingerprint density at radius 2 is 0.465 bits per heavy atom. The van der Waals surface area contributed by atoms with Gasteiger partial charge in [-0.2, -0.15) is 0 Å². The van der Waals surface area contributed by atoms with Crippen molar-refractivity contribution in [3.63, 3.8) is 0 Å². The van der Waals surface area contributed by atoms with Gasteiger partial charge in [-0.05, 0) is 47.7 Å². The Morgan fingerprint density at radius 3 is 0.581 bits per heavy atom. The molecule has 0 N–H and O–H groups in total. The van der Waals surface area contributed by atoms with Crippen molar-refractivity contribution in [2.24, 2.45) is 0 Å². The Morgan fingerprint density at radius 1 is 0.302 bits per heavy atom. The number of nitrogens with zero attached hydrogens (tertiary/aromatic N) is 2. The molecule has 0 aliphatic carbocycles.